The molecule has 1 saturated heterocycles. The molecule has 1 aromatic carbocycles. The Bertz CT molecular complexity index is 321. The zero-order valence-electron chi connectivity index (χ0n) is 8.92. The number of aryl methyl sites for hydroxylation is 1. The van der Waals surface area contributed by atoms with Gasteiger partial charge in [0.15, 0.2) is 0 Å². The lowest BCUT2D eigenvalue weighted by Crippen LogP contribution is -2.26. The van der Waals surface area contributed by atoms with Crippen LogP contribution in [0.2, 0.25) is 0 Å². The first-order valence-corrected chi connectivity index (χ1v) is 6.06. The van der Waals surface area contributed by atoms with Crippen molar-refractivity contribution in [1.29, 1.82) is 0 Å². The Morgan fingerprint density at radius 1 is 1.33 bits per heavy atom. The quantitative estimate of drug-likeness (QED) is 0.824. The van der Waals surface area contributed by atoms with Crippen molar-refractivity contribution in [2.75, 3.05) is 6.54 Å². The summed E-state index contributed by atoms with van der Waals surface area (Å²) in [7, 11) is 0. The van der Waals surface area contributed by atoms with Gasteiger partial charge in [0.05, 0.1) is 0 Å². The Morgan fingerprint density at radius 3 is 2.73 bits per heavy atom. The van der Waals surface area contributed by atoms with Crippen LogP contribution in [-0.4, -0.2) is 6.54 Å². The van der Waals surface area contributed by atoms with E-state index in [0.29, 0.717) is 6.04 Å². The molecule has 1 N–H and O–H groups in total. The number of benzene rings is 1. The van der Waals surface area contributed by atoms with Crippen molar-refractivity contribution in [2.24, 2.45) is 0 Å². The molecule has 0 unspecified atom stereocenters. The van der Waals surface area contributed by atoms with Crippen molar-refractivity contribution in [2.45, 2.75) is 32.2 Å². The second-order valence-corrected chi connectivity index (χ2v) is 4.87. The zero-order chi connectivity index (χ0) is 9.97. The van der Waals surface area contributed by atoms with Gasteiger partial charge >= 0.3 is 0 Å². The van der Waals surface area contributed by atoms with Crippen LogP contribution in [0.1, 0.15) is 36.4 Å². The van der Waals surface area contributed by atoms with E-state index in [1.165, 1.54) is 34.9 Å². The summed E-state index contributed by atoms with van der Waals surface area (Å²) >= 11 is 3.58. The lowest BCUT2D eigenvalue weighted by molar-refractivity contribution is 0.412. The number of hydrogen-bond acceptors (Lipinski definition) is 1. The van der Waals surface area contributed by atoms with Crippen LogP contribution in [0.4, 0.5) is 0 Å². The van der Waals surface area contributed by atoms with E-state index >= 15 is 0 Å². The molecule has 1 heterocycles. The van der Waals surface area contributed by atoms with Gasteiger partial charge in [0.1, 0.15) is 0 Å². The van der Waals surface area contributed by atoms with E-state index in [9.17, 15) is 0 Å². The van der Waals surface area contributed by atoms with E-state index in [0.717, 1.165) is 6.54 Å². The third-order valence-corrected chi connectivity index (χ3v) is 3.76. The topological polar surface area (TPSA) is 12.0 Å². The maximum absolute atomic E-state index is 3.58. The number of rotatable bonds is 1. The van der Waals surface area contributed by atoms with Crippen molar-refractivity contribution in [3.8, 4) is 0 Å². The van der Waals surface area contributed by atoms with Crippen molar-refractivity contribution in [3.63, 3.8) is 0 Å². The maximum atomic E-state index is 3.58. The second-order valence-electron chi connectivity index (χ2n) is 4.01. The highest BCUT2D eigenvalue weighted by Crippen LogP contribution is 2.26. The molecule has 0 spiro atoms. The Kier molecular flexibility index (Phi) is 5.10. The second kappa shape index (κ2) is 5.88. The first-order valence-electron chi connectivity index (χ1n) is 5.27. The molecule has 0 aliphatic carbocycles. The Labute approximate surface area is 106 Å². The first-order chi connectivity index (χ1) is 6.77. The van der Waals surface area contributed by atoms with Crippen LogP contribution in [0.5, 0.6) is 0 Å². The maximum Gasteiger partial charge on any atom is 0.0320 e. The minimum Gasteiger partial charge on any atom is -0.310 e. The molecule has 15 heavy (non-hydrogen) atoms. The summed E-state index contributed by atoms with van der Waals surface area (Å²) in [5, 5.41) is 3.56. The molecule has 3 heteroatoms. The van der Waals surface area contributed by atoms with Crippen LogP contribution in [0.15, 0.2) is 22.7 Å². The fraction of sp³-hybridized carbons (Fsp3) is 0.500. The third kappa shape index (κ3) is 3.20. The van der Waals surface area contributed by atoms with E-state index in [1.807, 2.05) is 0 Å². The summed E-state index contributed by atoms with van der Waals surface area (Å²) in [6.07, 6.45) is 3.95. The van der Waals surface area contributed by atoms with Crippen LogP contribution in [0.3, 0.4) is 0 Å². The normalized spacial score (nSPS) is 20.8. The van der Waals surface area contributed by atoms with Crippen molar-refractivity contribution >= 4 is 28.3 Å². The molecule has 0 amide bonds. The Balaban J connectivity index is 0.00000112. The predicted molar refractivity (Wildman–Crippen MR) is 70.7 cm³/mol. The summed E-state index contributed by atoms with van der Waals surface area (Å²) in [4.78, 5) is 0. The van der Waals surface area contributed by atoms with Crippen LogP contribution in [0.25, 0.3) is 0 Å². The Morgan fingerprint density at radius 2 is 2.13 bits per heavy atom. The van der Waals surface area contributed by atoms with Gasteiger partial charge in [-0.3, -0.25) is 0 Å². The van der Waals surface area contributed by atoms with Gasteiger partial charge in [-0.25, -0.2) is 0 Å². The molecule has 2 rings (SSSR count). The van der Waals surface area contributed by atoms with Gasteiger partial charge in [0.2, 0.25) is 0 Å². The van der Waals surface area contributed by atoms with E-state index in [1.54, 1.807) is 0 Å². The van der Waals surface area contributed by atoms with Gasteiger partial charge in [-0.05, 0) is 43.5 Å². The summed E-state index contributed by atoms with van der Waals surface area (Å²) in [6, 6.07) is 7.25. The molecule has 1 fully saturated rings. The minimum absolute atomic E-state index is 0. The molecule has 0 radical (unpaired) electrons. The largest absolute Gasteiger partial charge is 0.310 e. The smallest absolute Gasteiger partial charge is 0.0320 e. The van der Waals surface area contributed by atoms with E-state index in [2.05, 4.69) is 46.4 Å². The average molecular weight is 291 g/mol. The predicted octanol–water partition coefficient (Wildman–Crippen LogP) is 3.99. The number of piperidine rings is 1. The summed E-state index contributed by atoms with van der Waals surface area (Å²) in [5.41, 5.74) is 2.73. The van der Waals surface area contributed by atoms with Gasteiger partial charge < -0.3 is 5.32 Å². The minimum atomic E-state index is 0. The molecule has 1 aliphatic heterocycles. The van der Waals surface area contributed by atoms with E-state index in [4.69, 9.17) is 0 Å². The van der Waals surface area contributed by atoms with Gasteiger partial charge in [-0.2, -0.15) is 0 Å². The highest BCUT2D eigenvalue weighted by atomic mass is 79.9. The van der Waals surface area contributed by atoms with Crippen LogP contribution < -0.4 is 5.32 Å². The highest BCUT2D eigenvalue weighted by Gasteiger charge is 2.14. The lowest BCUT2D eigenvalue weighted by Gasteiger charge is -2.24. The summed E-state index contributed by atoms with van der Waals surface area (Å²) < 4.78 is 1.22. The monoisotopic (exact) mass is 289 g/mol. The molecule has 1 aliphatic rings. The summed E-state index contributed by atoms with van der Waals surface area (Å²) in [6.45, 7) is 3.29. The molecule has 0 bridgehead atoms. The average Bonchev–Trinajstić information content (AvgIpc) is 2.23. The molecule has 0 aromatic heterocycles. The molecular weight excluding hydrogens is 273 g/mol. The van der Waals surface area contributed by atoms with Gasteiger partial charge in [-0.1, -0.05) is 34.5 Å². The number of hydrogen-bond donors (Lipinski definition) is 1. The molecule has 1 atom stereocenters. The van der Waals surface area contributed by atoms with Crippen LogP contribution in [-0.2, 0) is 0 Å². The van der Waals surface area contributed by atoms with Crippen LogP contribution >= 0.6 is 28.3 Å². The molecule has 0 saturated carbocycles. The number of nitrogens with one attached hydrogen (secondary N) is 1. The molecule has 84 valence electrons. The van der Waals surface area contributed by atoms with E-state index < -0.39 is 0 Å². The highest BCUT2D eigenvalue weighted by molar-refractivity contribution is 9.10. The molecule has 1 aromatic rings. The SMILES string of the molecule is Cc1ccc([C@@H]2CCCCN2)cc1Br.Cl. The first kappa shape index (κ1) is 13.0. The van der Waals surface area contributed by atoms with Gasteiger partial charge in [0.25, 0.3) is 0 Å². The standard InChI is InChI=1S/C12H16BrN.ClH/c1-9-5-6-10(8-11(9)13)12-4-2-3-7-14-12;/h5-6,8,12,14H,2-4,7H2,1H3;1H/t12-;/m0./s1. The fourth-order valence-corrected chi connectivity index (χ4v) is 2.36. The third-order valence-electron chi connectivity index (χ3n) is 2.91. The lowest BCUT2D eigenvalue weighted by atomic mass is 9.97. The number of halogens is 2. The Hall–Kier alpha value is -0.0500. The fourth-order valence-electron chi connectivity index (χ4n) is 1.96. The molecular formula is C12H17BrClN. The van der Waals surface area contributed by atoms with Crippen molar-refractivity contribution in [3.05, 3.63) is 33.8 Å². The van der Waals surface area contributed by atoms with Crippen LogP contribution in [0, 0.1) is 6.92 Å². The summed E-state index contributed by atoms with van der Waals surface area (Å²) in [5.74, 6) is 0. The zero-order valence-corrected chi connectivity index (χ0v) is 11.3. The van der Waals surface area contributed by atoms with Gasteiger partial charge in [0, 0.05) is 10.5 Å². The van der Waals surface area contributed by atoms with Crippen molar-refractivity contribution < 1.29 is 0 Å². The molecule has 1 nitrogen and oxygen atoms in total. The van der Waals surface area contributed by atoms with Gasteiger partial charge in [-0.15, -0.1) is 12.4 Å². The van der Waals surface area contributed by atoms with E-state index in [-0.39, 0.29) is 12.4 Å². The van der Waals surface area contributed by atoms with Crippen molar-refractivity contribution in [1.82, 2.24) is 5.32 Å².